The van der Waals surface area contributed by atoms with E-state index in [4.69, 9.17) is 0 Å². The maximum absolute atomic E-state index is 11.8. The number of aldehydes is 1. The topological polar surface area (TPSA) is 72.5 Å². The first-order valence-electron chi connectivity index (χ1n) is 6.91. The van der Waals surface area contributed by atoms with Crippen LogP contribution in [0.1, 0.15) is 46.0 Å². The van der Waals surface area contributed by atoms with Gasteiger partial charge < -0.3 is 14.8 Å². The Morgan fingerprint density at radius 2 is 1.95 bits per heavy atom. The van der Waals surface area contributed by atoms with E-state index >= 15 is 0 Å². The zero-order valence-electron chi connectivity index (χ0n) is 12.4. The molecule has 0 radical (unpaired) electrons. The van der Waals surface area contributed by atoms with E-state index in [9.17, 15) is 14.4 Å². The lowest BCUT2D eigenvalue weighted by molar-refractivity contribution is -0.140. The fraction of sp³-hybridized carbons (Fsp3) is 0.786. The molecule has 5 nitrogen and oxygen atoms in total. The number of thiol groups is 1. The van der Waals surface area contributed by atoms with Crippen molar-refractivity contribution < 1.29 is 19.1 Å². The summed E-state index contributed by atoms with van der Waals surface area (Å²) in [5, 5.41) is 2.23. The number of hydrogen-bond donors (Lipinski definition) is 2. The molecule has 0 rings (SSSR count). The Balaban J connectivity index is 3.96. The maximum Gasteiger partial charge on any atom is 0.305 e. The summed E-state index contributed by atoms with van der Waals surface area (Å²) < 4.78 is 4.53. The molecule has 6 heteroatoms. The van der Waals surface area contributed by atoms with Crippen molar-refractivity contribution in [2.45, 2.75) is 57.2 Å². The maximum atomic E-state index is 11.8. The molecule has 116 valence electrons. The fourth-order valence-electron chi connectivity index (χ4n) is 1.78. The van der Waals surface area contributed by atoms with Gasteiger partial charge in [-0.05, 0) is 25.2 Å². The smallest absolute Gasteiger partial charge is 0.305 e. The van der Waals surface area contributed by atoms with Crippen LogP contribution in [-0.2, 0) is 19.1 Å². The van der Waals surface area contributed by atoms with Crippen molar-refractivity contribution in [3.8, 4) is 0 Å². The molecule has 1 unspecified atom stereocenters. The Morgan fingerprint density at radius 1 is 1.30 bits per heavy atom. The Morgan fingerprint density at radius 3 is 2.45 bits per heavy atom. The van der Waals surface area contributed by atoms with Crippen molar-refractivity contribution >= 4 is 30.8 Å². The second-order valence-electron chi connectivity index (χ2n) is 5.22. The lowest BCUT2D eigenvalue weighted by atomic mass is 10.0. The predicted octanol–water partition coefficient (Wildman–Crippen LogP) is 1.75. The highest BCUT2D eigenvalue weighted by molar-refractivity contribution is 7.81. The van der Waals surface area contributed by atoms with Crippen LogP contribution in [0.15, 0.2) is 0 Å². The van der Waals surface area contributed by atoms with E-state index < -0.39 is 11.3 Å². The van der Waals surface area contributed by atoms with Crippen LogP contribution in [0.5, 0.6) is 0 Å². The van der Waals surface area contributed by atoms with Crippen molar-refractivity contribution in [3.63, 3.8) is 0 Å². The van der Waals surface area contributed by atoms with Crippen LogP contribution in [-0.4, -0.2) is 36.6 Å². The van der Waals surface area contributed by atoms with Gasteiger partial charge in [0.1, 0.15) is 6.29 Å². The third-order valence-electron chi connectivity index (χ3n) is 2.86. The molecule has 0 aromatic rings. The van der Waals surface area contributed by atoms with Gasteiger partial charge in [-0.3, -0.25) is 9.59 Å². The van der Waals surface area contributed by atoms with Gasteiger partial charge in [0.25, 0.3) is 0 Å². The molecule has 0 saturated heterocycles. The monoisotopic (exact) mass is 303 g/mol. The quantitative estimate of drug-likeness (QED) is 0.279. The highest BCUT2D eigenvalue weighted by atomic mass is 32.1. The largest absolute Gasteiger partial charge is 0.469 e. The molecule has 0 spiro atoms. The highest BCUT2D eigenvalue weighted by Crippen LogP contribution is 2.11. The van der Waals surface area contributed by atoms with Gasteiger partial charge in [-0.25, -0.2) is 0 Å². The number of carbonyl (C=O) groups excluding carboxylic acids is 3. The molecule has 0 aromatic carbocycles. The molecule has 0 saturated carbocycles. The summed E-state index contributed by atoms with van der Waals surface area (Å²) in [6.07, 6.45) is 3.68. The number of methoxy groups -OCH3 is 1. The van der Waals surface area contributed by atoms with Crippen LogP contribution in [0.3, 0.4) is 0 Å². The SMILES string of the molecule is COC(=O)CCCCC(S)C(=O)N[C@H](C=O)CC(C)C. The summed E-state index contributed by atoms with van der Waals surface area (Å²) in [5.74, 6) is -0.142. The van der Waals surface area contributed by atoms with Crippen molar-refractivity contribution in [1.82, 2.24) is 5.32 Å². The molecule has 20 heavy (non-hydrogen) atoms. The first-order valence-corrected chi connectivity index (χ1v) is 7.42. The average molecular weight is 303 g/mol. The van der Waals surface area contributed by atoms with Crippen LogP contribution in [0.4, 0.5) is 0 Å². The van der Waals surface area contributed by atoms with Gasteiger partial charge in [0.2, 0.25) is 5.91 Å². The summed E-state index contributed by atoms with van der Waals surface area (Å²) in [4.78, 5) is 33.6. The Labute approximate surface area is 126 Å². The summed E-state index contributed by atoms with van der Waals surface area (Å²) in [6, 6.07) is -0.452. The number of amides is 1. The zero-order chi connectivity index (χ0) is 15.5. The summed E-state index contributed by atoms with van der Waals surface area (Å²) in [7, 11) is 1.35. The van der Waals surface area contributed by atoms with E-state index in [2.05, 4.69) is 22.7 Å². The van der Waals surface area contributed by atoms with Gasteiger partial charge >= 0.3 is 5.97 Å². The zero-order valence-corrected chi connectivity index (χ0v) is 13.3. The molecule has 0 aromatic heterocycles. The van der Waals surface area contributed by atoms with Gasteiger partial charge in [-0.2, -0.15) is 12.6 Å². The number of rotatable bonds is 10. The lowest BCUT2D eigenvalue weighted by Gasteiger charge is -2.17. The van der Waals surface area contributed by atoms with Crippen LogP contribution in [0.2, 0.25) is 0 Å². The molecule has 0 bridgehead atoms. The Bertz CT molecular complexity index is 320. The molecule has 0 heterocycles. The van der Waals surface area contributed by atoms with Crippen LogP contribution in [0, 0.1) is 5.92 Å². The average Bonchev–Trinajstić information content (AvgIpc) is 2.41. The molecule has 0 aliphatic heterocycles. The molecule has 0 aliphatic carbocycles. The minimum Gasteiger partial charge on any atom is -0.469 e. The second-order valence-corrected chi connectivity index (χ2v) is 5.84. The minimum atomic E-state index is -0.456. The van der Waals surface area contributed by atoms with Crippen molar-refractivity contribution in [1.29, 1.82) is 0 Å². The Hall–Kier alpha value is -1.04. The van der Waals surface area contributed by atoms with Gasteiger partial charge in [0, 0.05) is 6.42 Å². The molecule has 2 atom stereocenters. The van der Waals surface area contributed by atoms with Crippen molar-refractivity contribution in [3.05, 3.63) is 0 Å². The number of unbranched alkanes of at least 4 members (excludes halogenated alkanes) is 1. The van der Waals surface area contributed by atoms with E-state index in [0.717, 1.165) is 6.29 Å². The van der Waals surface area contributed by atoms with Crippen LogP contribution < -0.4 is 5.32 Å². The third kappa shape index (κ3) is 8.96. The molecule has 1 amide bonds. The second kappa shape index (κ2) is 10.7. The van der Waals surface area contributed by atoms with E-state index in [1.807, 2.05) is 13.8 Å². The standard InChI is InChI=1S/C14H25NO4S/c1-10(2)8-11(9-16)15-14(18)12(20)6-4-5-7-13(17)19-3/h9-12,20H,4-8H2,1-3H3,(H,15,18)/t11-,12?/m0/s1. The van der Waals surface area contributed by atoms with Crippen molar-refractivity contribution in [2.75, 3.05) is 7.11 Å². The van der Waals surface area contributed by atoms with E-state index in [1.54, 1.807) is 0 Å². The minimum absolute atomic E-state index is 0.232. The lowest BCUT2D eigenvalue weighted by Crippen LogP contribution is -2.41. The molecule has 0 aliphatic rings. The third-order valence-corrected chi connectivity index (χ3v) is 3.35. The number of carbonyl (C=O) groups is 3. The van der Waals surface area contributed by atoms with Gasteiger partial charge in [-0.1, -0.05) is 20.3 Å². The molecular weight excluding hydrogens is 278 g/mol. The van der Waals surface area contributed by atoms with Crippen LogP contribution in [0.25, 0.3) is 0 Å². The highest BCUT2D eigenvalue weighted by Gasteiger charge is 2.18. The number of ether oxygens (including phenoxy) is 1. The molecule has 0 fully saturated rings. The summed E-state index contributed by atoms with van der Waals surface area (Å²) in [5.41, 5.74) is 0. The van der Waals surface area contributed by atoms with E-state index in [1.165, 1.54) is 7.11 Å². The fourth-order valence-corrected chi connectivity index (χ4v) is 2.03. The first-order chi connectivity index (χ1) is 9.40. The summed E-state index contributed by atoms with van der Waals surface area (Å²) in [6.45, 7) is 3.99. The predicted molar refractivity (Wildman–Crippen MR) is 80.7 cm³/mol. The molecule has 1 N–H and O–H groups in total. The van der Waals surface area contributed by atoms with E-state index in [-0.39, 0.29) is 11.9 Å². The number of nitrogens with one attached hydrogen (secondary N) is 1. The van der Waals surface area contributed by atoms with E-state index in [0.29, 0.717) is 38.0 Å². The summed E-state index contributed by atoms with van der Waals surface area (Å²) >= 11 is 4.23. The van der Waals surface area contributed by atoms with Gasteiger partial charge in [0.15, 0.2) is 0 Å². The van der Waals surface area contributed by atoms with Crippen molar-refractivity contribution in [2.24, 2.45) is 5.92 Å². The number of esters is 1. The Kier molecular flexibility index (Phi) is 10.2. The number of hydrogen-bond acceptors (Lipinski definition) is 5. The van der Waals surface area contributed by atoms with Gasteiger partial charge in [0.05, 0.1) is 18.4 Å². The first kappa shape index (κ1) is 19.0. The van der Waals surface area contributed by atoms with Gasteiger partial charge in [-0.15, -0.1) is 0 Å². The molecular formula is C14H25NO4S. The normalized spacial score (nSPS) is 13.7. The van der Waals surface area contributed by atoms with Crippen LogP contribution >= 0.6 is 12.6 Å².